The highest BCUT2D eigenvalue weighted by molar-refractivity contribution is 5.06. The van der Waals surface area contributed by atoms with E-state index in [2.05, 4.69) is 18.8 Å². The lowest BCUT2D eigenvalue weighted by atomic mass is 10.3. The van der Waals surface area contributed by atoms with Crippen LogP contribution < -0.4 is 0 Å². The first kappa shape index (κ1) is 14.6. The molecule has 2 heteroatoms. The van der Waals surface area contributed by atoms with Crippen molar-refractivity contribution < 1.29 is 4.39 Å². The molecule has 1 aromatic heterocycles. The molecule has 0 saturated carbocycles. The van der Waals surface area contributed by atoms with E-state index in [-0.39, 0.29) is 5.82 Å². The fraction of sp³-hybridized carbons (Fsp3) is 0.545. The number of hydrogen-bond donors (Lipinski definition) is 0. The number of aromatic nitrogens is 1. The highest BCUT2D eigenvalue weighted by Crippen LogP contribution is 1.96. The maximum Gasteiger partial charge on any atom is 0.141 e. The van der Waals surface area contributed by atoms with Gasteiger partial charge in [0.25, 0.3) is 0 Å². The number of rotatable bonds is 0. The van der Waals surface area contributed by atoms with E-state index >= 15 is 0 Å². The zero-order chi connectivity index (χ0) is 10.7. The van der Waals surface area contributed by atoms with Crippen molar-refractivity contribution >= 4 is 0 Å². The van der Waals surface area contributed by atoms with Crippen molar-refractivity contribution in [3.05, 3.63) is 29.8 Å². The molecule has 13 heavy (non-hydrogen) atoms. The molecule has 0 amide bonds. The summed E-state index contributed by atoms with van der Waals surface area (Å²) in [7, 11) is 0. The average Bonchev–Trinajstić information content (AvgIpc) is 2.08. The van der Waals surface area contributed by atoms with Crippen LogP contribution in [0, 0.1) is 12.7 Å². The molecular weight excluding hydrogens is 165 g/mol. The summed E-state index contributed by atoms with van der Waals surface area (Å²) in [6.07, 6.45) is 4.05. The van der Waals surface area contributed by atoms with Gasteiger partial charge in [0, 0.05) is 6.20 Å². The second kappa shape index (κ2) is 11.1. The lowest BCUT2D eigenvalue weighted by Gasteiger charge is -1.86. The molecule has 0 aliphatic carbocycles. The highest BCUT2D eigenvalue weighted by Gasteiger charge is 1.85. The molecule has 1 heterocycles. The SMILES string of the molecule is CC.CCC.Cc1cncc(F)c1. The molecule has 76 valence electrons. The zero-order valence-corrected chi connectivity index (χ0v) is 9.26. The predicted molar refractivity (Wildman–Crippen MR) is 56.2 cm³/mol. The molecule has 0 atom stereocenters. The highest BCUT2D eigenvalue weighted by atomic mass is 19.1. The lowest BCUT2D eigenvalue weighted by molar-refractivity contribution is 0.620. The molecule has 0 aromatic carbocycles. The maximum atomic E-state index is 12.1. The number of nitrogens with zero attached hydrogens (tertiary/aromatic N) is 1. The third-order valence-electron chi connectivity index (χ3n) is 0.842. The van der Waals surface area contributed by atoms with Crippen LogP contribution in [0.4, 0.5) is 4.39 Å². The molecule has 1 nitrogen and oxygen atoms in total. The van der Waals surface area contributed by atoms with E-state index < -0.39 is 0 Å². The minimum atomic E-state index is -0.273. The summed E-state index contributed by atoms with van der Waals surface area (Å²) < 4.78 is 12.1. The van der Waals surface area contributed by atoms with Crippen molar-refractivity contribution in [2.45, 2.75) is 41.0 Å². The van der Waals surface area contributed by atoms with Crippen LogP contribution in [0.1, 0.15) is 39.7 Å². The van der Waals surface area contributed by atoms with E-state index in [0.29, 0.717) is 0 Å². The number of hydrogen-bond acceptors (Lipinski definition) is 1. The van der Waals surface area contributed by atoms with Gasteiger partial charge in [-0.15, -0.1) is 0 Å². The van der Waals surface area contributed by atoms with E-state index in [1.54, 1.807) is 13.1 Å². The van der Waals surface area contributed by atoms with Crippen LogP contribution in [-0.2, 0) is 0 Å². The number of pyridine rings is 1. The van der Waals surface area contributed by atoms with Crippen LogP contribution in [0.25, 0.3) is 0 Å². The van der Waals surface area contributed by atoms with Crippen molar-refractivity contribution in [2.75, 3.05) is 0 Å². The Balaban J connectivity index is 0. The average molecular weight is 185 g/mol. The normalized spacial score (nSPS) is 7.54. The van der Waals surface area contributed by atoms with Crippen molar-refractivity contribution in [3.8, 4) is 0 Å². The van der Waals surface area contributed by atoms with Gasteiger partial charge in [0.15, 0.2) is 0 Å². The Bertz CT molecular complexity index is 182. The molecule has 0 aliphatic rings. The Labute approximate surface area is 81.0 Å². The molecule has 0 N–H and O–H groups in total. The lowest BCUT2D eigenvalue weighted by Crippen LogP contribution is -1.77. The van der Waals surface area contributed by atoms with Gasteiger partial charge in [0.05, 0.1) is 6.20 Å². The Morgan fingerprint density at radius 2 is 1.69 bits per heavy atom. The minimum Gasteiger partial charge on any atom is -0.261 e. The van der Waals surface area contributed by atoms with Crippen molar-refractivity contribution in [1.29, 1.82) is 0 Å². The third kappa shape index (κ3) is 11.1. The number of aryl methyl sites for hydroxylation is 1. The molecule has 1 rings (SSSR count). The molecule has 0 unspecified atom stereocenters. The summed E-state index contributed by atoms with van der Waals surface area (Å²) in [5.74, 6) is -0.273. The van der Waals surface area contributed by atoms with E-state index in [1.807, 2.05) is 13.8 Å². The fourth-order valence-electron chi connectivity index (χ4n) is 0.518. The van der Waals surface area contributed by atoms with Crippen LogP contribution in [-0.4, -0.2) is 4.98 Å². The zero-order valence-electron chi connectivity index (χ0n) is 9.26. The Morgan fingerprint density at radius 1 is 1.23 bits per heavy atom. The van der Waals surface area contributed by atoms with E-state index in [1.165, 1.54) is 18.7 Å². The van der Waals surface area contributed by atoms with Gasteiger partial charge in [-0.25, -0.2) is 4.39 Å². The van der Waals surface area contributed by atoms with Gasteiger partial charge >= 0.3 is 0 Å². The fourth-order valence-corrected chi connectivity index (χ4v) is 0.518. The van der Waals surface area contributed by atoms with Gasteiger partial charge in [-0.2, -0.15) is 0 Å². The van der Waals surface area contributed by atoms with Crippen molar-refractivity contribution in [1.82, 2.24) is 4.98 Å². The van der Waals surface area contributed by atoms with E-state index in [9.17, 15) is 4.39 Å². The van der Waals surface area contributed by atoms with Crippen LogP contribution in [0.3, 0.4) is 0 Å². The second-order valence-corrected chi connectivity index (χ2v) is 2.39. The minimum absolute atomic E-state index is 0.273. The molecule has 0 radical (unpaired) electrons. The van der Waals surface area contributed by atoms with Gasteiger partial charge in [-0.05, 0) is 18.6 Å². The number of halogens is 1. The third-order valence-corrected chi connectivity index (χ3v) is 0.842. The summed E-state index contributed by atoms with van der Waals surface area (Å²) in [5, 5.41) is 0. The van der Waals surface area contributed by atoms with E-state index in [0.717, 1.165) is 5.56 Å². The smallest absolute Gasteiger partial charge is 0.141 e. The summed E-state index contributed by atoms with van der Waals surface area (Å²) in [5.41, 5.74) is 0.852. The van der Waals surface area contributed by atoms with Crippen LogP contribution in [0.5, 0.6) is 0 Å². The van der Waals surface area contributed by atoms with Crippen molar-refractivity contribution in [2.24, 2.45) is 0 Å². The molecule has 0 fully saturated rings. The van der Waals surface area contributed by atoms with Crippen molar-refractivity contribution in [3.63, 3.8) is 0 Å². The Morgan fingerprint density at radius 3 is 1.92 bits per heavy atom. The van der Waals surface area contributed by atoms with Gasteiger partial charge < -0.3 is 0 Å². The standard InChI is InChI=1S/C6H6FN.C3H8.C2H6/c1-5-2-6(7)4-8-3-5;1-3-2;1-2/h2-4H,1H3;3H2,1-2H3;1-2H3. The first-order valence-electron chi connectivity index (χ1n) is 4.77. The van der Waals surface area contributed by atoms with Crippen LogP contribution in [0.15, 0.2) is 18.5 Å². The van der Waals surface area contributed by atoms with Gasteiger partial charge in [0.2, 0.25) is 0 Å². The Hall–Kier alpha value is -0.920. The van der Waals surface area contributed by atoms with Crippen LogP contribution in [0.2, 0.25) is 0 Å². The second-order valence-electron chi connectivity index (χ2n) is 2.39. The molecule has 0 aliphatic heterocycles. The largest absolute Gasteiger partial charge is 0.261 e. The van der Waals surface area contributed by atoms with Crippen LogP contribution >= 0.6 is 0 Å². The predicted octanol–water partition coefficient (Wildman–Crippen LogP) is 3.97. The van der Waals surface area contributed by atoms with Gasteiger partial charge in [-0.3, -0.25) is 4.98 Å². The summed E-state index contributed by atoms with van der Waals surface area (Å²) in [6, 6.07) is 1.44. The molecule has 1 aromatic rings. The maximum absolute atomic E-state index is 12.1. The van der Waals surface area contributed by atoms with Gasteiger partial charge in [-0.1, -0.05) is 34.1 Å². The first-order valence-corrected chi connectivity index (χ1v) is 4.77. The first-order chi connectivity index (χ1) is 6.20. The quantitative estimate of drug-likeness (QED) is 0.596. The summed E-state index contributed by atoms with van der Waals surface area (Å²) in [4.78, 5) is 3.61. The molecule has 0 saturated heterocycles. The molecule has 0 bridgehead atoms. The summed E-state index contributed by atoms with van der Waals surface area (Å²) in [6.45, 7) is 10.1. The Kier molecular flexibility index (Phi) is 12.4. The molecule has 0 spiro atoms. The monoisotopic (exact) mass is 185 g/mol. The van der Waals surface area contributed by atoms with E-state index in [4.69, 9.17) is 0 Å². The van der Waals surface area contributed by atoms with Gasteiger partial charge in [0.1, 0.15) is 5.82 Å². The summed E-state index contributed by atoms with van der Waals surface area (Å²) >= 11 is 0. The topological polar surface area (TPSA) is 12.9 Å². The molecular formula is C11H20FN.